The van der Waals surface area contributed by atoms with Crippen molar-refractivity contribution in [2.75, 3.05) is 6.54 Å². The first-order valence-corrected chi connectivity index (χ1v) is 5.97. The normalized spacial score (nSPS) is 11.3. The van der Waals surface area contributed by atoms with Crippen molar-refractivity contribution in [3.05, 3.63) is 24.4 Å². The predicted molar refractivity (Wildman–Crippen MR) is 54.7 cm³/mol. The van der Waals surface area contributed by atoms with E-state index in [4.69, 9.17) is 0 Å². The third kappa shape index (κ3) is 3.41. The van der Waals surface area contributed by atoms with Crippen LogP contribution in [0.2, 0.25) is 0 Å². The molecule has 0 aliphatic carbocycles. The van der Waals surface area contributed by atoms with Gasteiger partial charge in [-0.3, -0.25) is 4.79 Å². The van der Waals surface area contributed by atoms with E-state index in [9.17, 15) is 13.2 Å². The van der Waals surface area contributed by atoms with Gasteiger partial charge >= 0.3 is 0 Å². The van der Waals surface area contributed by atoms with Gasteiger partial charge in [-0.05, 0) is 12.1 Å². The van der Waals surface area contributed by atoms with Crippen LogP contribution >= 0.6 is 0 Å². The van der Waals surface area contributed by atoms with Crippen molar-refractivity contribution in [1.82, 2.24) is 9.71 Å². The summed E-state index contributed by atoms with van der Waals surface area (Å²) in [5.74, 6) is -0.158. The van der Waals surface area contributed by atoms with Gasteiger partial charge in [0.15, 0.2) is 5.03 Å². The molecule has 0 aliphatic rings. The summed E-state index contributed by atoms with van der Waals surface area (Å²) in [5, 5.41) is -0.0751. The third-order valence-corrected chi connectivity index (χ3v) is 3.08. The number of rotatable bonds is 5. The minimum Gasteiger partial charge on any atom is -0.298 e. The highest BCUT2D eigenvalue weighted by molar-refractivity contribution is 7.89. The molecule has 0 bridgehead atoms. The van der Waals surface area contributed by atoms with Crippen LogP contribution in [0.25, 0.3) is 0 Å². The molecule has 82 valence electrons. The van der Waals surface area contributed by atoms with Crippen LogP contribution in [0.15, 0.2) is 29.4 Å². The van der Waals surface area contributed by atoms with Gasteiger partial charge in [-0.25, -0.2) is 18.1 Å². The molecule has 0 radical (unpaired) electrons. The second-order valence-corrected chi connectivity index (χ2v) is 4.60. The average Bonchev–Trinajstić information content (AvgIpc) is 2.27. The summed E-state index contributed by atoms with van der Waals surface area (Å²) in [6.45, 7) is 1.49. The summed E-state index contributed by atoms with van der Waals surface area (Å²) in [6.07, 6.45) is 1.70. The van der Waals surface area contributed by atoms with Gasteiger partial charge in [0.05, 0.1) is 6.54 Å². The van der Waals surface area contributed by atoms with Crippen LogP contribution in [0.4, 0.5) is 0 Å². The number of ketones is 1. The Morgan fingerprint density at radius 3 is 2.73 bits per heavy atom. The summed E-state index contributed by atoms with van der Waals surface area (Å²) in [4.78, 5) is 14.6. The van der Waals surface area contributed by atoms with Crippen molar-refractivity contribution in [3.63, 3.8) is 0 Å². The summed E-state index contributed by atoms with van der Waals surface area (Å²) >= 11 is 0. The molecular weight excluding hydrogens is 216 g/mol. The highest BCUT2D eigenvalue weighted by Crippen LogP contribution is 2.02. The Hall–Kier alpha value is -1.27. The Bertz CT molecular complexity index is 428. The zero-order valence-corrected chi connectivity index (χ0v) is 9.12. The molecule has 1 heterocycles. The SMILES string of the molecule is CCC(=O)CNS(=O)(=O)c1ccccn1. The van der Waals surface area contributed by atoms with E-state index in [0.29, 0.717) is 6.42 Å². The molecule has 6 heteroatoms. The highest BCUT2D eigenvalue weighted by atomic mass is 32.2. The largest absolute Gasteiger partial charge is 0.298 e. The van der Waals surface area contributed by atoms with Gasteiger partial charge in [-0.15, -0.1) is 0 Å². The number of pyridine rings is 1. The number of hydrogen-bond acceptors (Lipinski definition) is 4. The molecule has 0 aromatic carbocycles. The lowest BCUT2D eigenvalue weighted by Gasteiger charge is -2.03. The first-order chi connectivity index (χ1) is 7.06. The number of nitrogens with one attached hydrogen (secondary N) is 1. The van der Waals surface area contributed by atoms with Crippen LogP contribution < -0.4 is 4.72 Å². The number of Topliss-reactive ketones (excluding diaryl/α,β-unsaturated/α-hetero) is 1. The average molecular weight is 228 g/mol. The Morgan fingerprint density at radius 1 is 1.47 bits per heavy atom. The van der Waals surface area contributed by atoms with Crippen LogP contribution in [-0.4, -0.2) is 25.7 Å². The lowest BCUT2D eigenvalue weighted by Crippen LogP contribution is -2.29. The standard InChI is InChI=1S/C9H12N2O3S/c1-2-8(12)7-11-15(13,14)9-5-3-4-6-10-9/h3-6,11H,2,7H2,1H3. The second kappa shape index (κ2) is 4.99. The fourth-order valence-electron chi connectivity index (χ4n) is 0.880. The van der Waals surface area contributed by atoms with E-state index in [1.807, 2.05) is 0 Å². The molecule has 0 saturated heterocycles. The van der Waals surface area contributed by atoms with Crippen molar-refractivity contribution in [3.8, 4) is 0 Å². The van der Waals surface area contributed by atoms with Gasteiger partial charge in [-0.1, -0.05) is 13.0 Å². The van der Waals surface area contributed by atoms with Crippen molar-refractivity contribution < 1.29 is 13.2 Å². The molecule has 0 spiro atoms. The zero-order valence-electron chi connectivity index (χ0n) is 8.30. The molecule has 1 N–H and O–H groups in total. The summed E-state index contributed by atoms with van der Waals surface area (Å²) < 4.78 is 25.2. The fraction of sp³-hybridized carbons (Fsp3) is 0.333. The Labute approximate surface area is 88.6 Å². The predicted octanol–water partition coefficient (Wildman–Crippen LogP) is 0.339. The minimum absolute atomic E-state index is 0.0751. The third-order valence-electron chi connectivity index (χ3n) is 1.77. The molecule has 15 heavy (non-hydrogen) atoms. The molecular formula is C9H12N2O3S. The maximum atomic E-state index is 11.5. The number of carbonyl (C=O) groups is 1. The van der Waals surface area contributed by atoms with Crippen molar-refractivity contribution >= 4 is 15.8 Å². The number of sulfonamides is 1. The van der Waals surface area contributed by atoms with Gasteiger partial charge in [0.2, 0.25) is 0 Å². The number of hydrogen-bond donors (Lipinski definition) is 1. The molecule has 0 aliphatic heterocycles. The Morgan fingerprint density at radius 2 is 2.20 bits per heavy atom. The van der Waals surface area contributed by atoms with E-state index in [1.54, 1.807) is 19.1 Å². The molecule has 1 aromatic heterocycles. The van der Waals surface area contributed by atoms with Gasteiger partial charge < -0.3 is 0 Å². The van der Waals surface area contributed by atoms with E-state index in [-0.39, 0.29) is 17.4 Å². The monoisotopic (exact) mass is 228 g/mol. The molecule has 0 atom stereocenters. The van der Waals surface area contributed by atoms with Crippen molar-refractivity contribution in [2.45, 2.75) is 18.4 Å². The van der Waals surface area contributed by atoms with Gasteiger partial charge in [-0.2, -0.15) is 0 Å². The lowest BCUT2D eigenvalue weighted by atomic mass is 10.3. The maximum absolute atomic E-state index is 11.5. The molecule has 0 unspecified atom stereocenters. The van der Waals surface area contributed by atoms with Crippen LogP contribution in [0.3, 0.4) is 0 Å². The van der Waals surface area contributed by atoms with Crippen molar-refractivity contribution in [2.24, 2.45) is 0 Å². The van der Waals surface area contributed by atoms with Crippen LogP contribution in [0.1, 0.15) is 13.3 Å². The van der Waals surface area contributed by atoms with Gasteiger partial charge in [0.1, 0.15) is 5.78 Å². The Balaban J connectivity index is 2.73. The molecule has 0 saturated carbocycles. The molecule has 5 nitrogen and oxygen atoms in total. The quantitative estimate of drug-likeness (QED) is 0.788. The topological polar surface area (TPSA) is 76.1 Å². The summed E-state index contributed by atoms with van der Waals surface area (Å²) in [6, 6.07) is 4.57. The van der Waals surface area contributed by atoms with Gasteiger partial charge in [0.25, 0.3) is 10.0 Å². The zero-order chi connectivity index (χ0) is 11.3. The van der Waals surface area contributed by atoms with E-state index in [0.717, 1.165) is 0 Å². The fourth-order valence-corrected chi connectivity index (χ4v) is 1.84. The van der Waals surface area contributed by atoms with Crippen LogP contribution in [0, 0.1) is 0 Å². The van der Waals surface area contributed by atoms with E-state index in [2.05, 4.69) is 9.71 Å². The second-order valence-electron chi connectivity index (χ2n) is 2.88. The summed E-state index contributed by atoms with van der Waals surface area (Å²) in [7, 11) is -3.65. The number of nitrogens with zero attached hydrogens (tertiary/aromatic N) is 1. The van der Waals surface area contributed by atoms with Crippen LogP contribution in [0.5, 0.6) is 0 Å². The smallest absolute Gasteiger partial charge is 0.258 e. The summed E-state index contributed by atoms with van der Waals surface area (Å²) in [5.41, 5.74) is 0. The highest BCUT2D eigenvalue weighted by Gasteiger charge is 2.15. The minimum atomic E-state index is -3.65. The maximum Gasteiger partial charge on any atom is 0.258 e. The van der Waals surface area contributed by atoms with E-state index in [1.165, 1.54) is 12.3 Å². The number of aromatic nitrogens is 1. The lowest BCUT2D eigenvalue weighted by molar-refractivity contribution is -0.117. The molecule has 1 aromatic rings. The van der Waals surface area contributed by atoms with E-state index < -0.39 is 10.0 Å². The van der Waals surface area contributed by atoms with Gasteiger partial charge in [0, 0.05) is 12.6 Å². The molecule has 1 rings (SSSR count). The van der Waals surface area contributed by atoms with Crippen molar-refractivity contribution in [1.29, 1.82) is 0 Å². The van der Waals surface area contributed by atoms with E-state index >= 15 is 0 Å². The molecule has 0 amide bonds. The van der Waals surface area contributed by atoms with Crippen LogP contribution in [-0.2, 0) is 14.8 Å². The first-order valence-electron chi connectivity index (χ1n) is 4.48. The number of carbonyl (C=O) groups excluding carboxylic acids is 1. The first kappa shape index (κ1) is 11.8. The Kier molecular flexibility index (Phi) is 3.93. The molecule has 0 fully saturated rings.